The Kier molecular flexibility index (Phi) is 9.42. The minimum Gasteiger partial charge on any atom is -0.241 e. The van der Waals surface area contributed by atoms with Crippen LogP contribution in [0, 0.1) is 11.9 Å². The summed E-state index contributed by atoms with van der Waals surface area (Å²) in [7, 11) is 0. The lowest BCUT2D eigenvalue weighted by atomic mass is 9.79. The SMILES string of the molecule is CCCCCCCc1cnc([C@H]2CC[C@H](CCCCC)CC2)nc1F. The molecule has 0 unspecified atom stereocenters. The fourth-order valence-electron chi connectivity index (χ4n) is 4.07. The van der Waals surface area contributed by atoms with Crippen molar-refractivity contribution in [2.24, 2.45) is 5.92 Å². The van der Waals surface area contributed by atoms with E-state index in [2.05, 4.69) is 23.8 Å². The van der Waals surface area contributed by atoms with Crippen LogP contribution < -0.4 is 0 Å². The zero-order valence-corrected chi connectivity index (χ0v) is 16.4. The fraction of sp³-hybridized carbons (Fsp3) is 0.818. The molecule has 1 saturated carbocycles. The van der Waals surface area contributed by atoms with Gasteiger partial charge < -0.3 is 0 Å². The van der Waals surface area contributed by atoms with Gasteiger partial charge in [-0.15, -0.1) is 0 Å². The lowest BCUT2D eigenvalue weighted by Gasteiger charge is -2.27. The lowest BCUT2D eigenvalue weighted by molar-refractivity contribution is 0.295. The second-order valence-electron chi connectivity index (χ2n) is 7.92. The molecule has 142 valence electrons. The first-order chi connectivity index (χ1) is 12.2. The van der Waals surface area contributed by atoms with Gasteiger partial charge in [0.25, 0.3) is 0 Å². The monoisotopic (exact) mass is 348 g/mol. The summed E-state index contributed by atoms with van der Waals surface area (Å²) in [4.78, 5) is 8.76. The molecule has 1 aromatic rings. The van der Waals surface area contributed by atoms with Crippen LogP contribution in [0.15, 0.2) is 6.20 Å². The van der Waals surface area contributed by atoms with Gasteiger partial charge in [0.1, 0.15) is 5.82 Å². The first kappa shape index (κ1) is 20.3. The number of rotatable bonds is 11. The molecular formula is C22H37FN2. The summed E-state index contributed by atoms with van der Waals surface area (Å²) in [5, 5.41) is 0. The van der Waals surface area contributed by atoms with Crippen molar-refractivity contribution in [3.05, 3.63) is 23.5 Å². The van der Waals surface area contributed by atoms with E-state index in [-0.39, 0.29) is 5.95 Å². The number of aromatic nitrogens is 2. The minimum absolute atomic E-state index is 0.273. The molecule has 0 atom stereocenters. The summed E-state index contributed by atoms with van der Waals surface area (Å²) in [5.74, 6) is 1.72. The molecule has 0 bridgehead atoms. The van der Waals surface area contributed by atoms with E-state index >= 15 is 0 Å². The van der Waals surface area contributed by atoms with E-state index in [1.807, 2.05) is 0 Å². The van der Waals surface area contributed by atoms with E-state index in [9.17, 15) is 4.39 Å². The first-order valence-corrected chi connectivity index (χ1v) is 10.8. The maximum absolute atomic E-state index is 14.3. The maximum Gasteiger partial charge on any atom is 0.219 e. The van der Waals surface area contributed by atoms with Crippen LogP contribution in [0.3, 0.4) is 0 Å². The maximum atomic E-state index is 14.3. The fourth-order valence-corrected chi connectivity index (χ4v) is 4.07. The Morgan fingerprint density at radius 1 is 0.920 bits per heavy atom. The molecule has 3 heteroatoms. The summed E-state index contributed by atoms with van der Waals surface area (Å²) in [6.45, 7) is 4.47. The zero-order valence-electron chi connectivity index (χ0n) is 16.4. The van der Waals surface area contributed by atoms with Crippen LogP contribution >= 0.6 is 0 Å². The van der Waals surface area contributed by atoms with Crippen LogP contribution in [0.25, 0.3) is 0 Å². The Bertz CT molecular complexity index is 481. The molecule has 1 aliphatic rings. The van der Waals surface area contributed by atoms with Gasteiger partial charge in [-0.2, -0.15) is 4.39 Å². The van der Waals surface area contributed by atoms with Gasteiger partial charge in [-0.1, -0.05) is 65.2 Å². The highest BCUT2D eigenvalue weighted by Crippen LogP contribution is 2.36. The quantitative estimate of drug-likeness (QED) is 0.318. The summed E-state index contributed by atoms with van der Waals surface area (Å²) in [5.41, 5.74) is 0.702. The summed E-state index contributed by atoms with van der Waals surface area (Å²) in [6, 6.07) is 0. The van der Waals surface area contributed by atoms with Gasteiger partial charge in [-0.25, -0.2) is 9.97 Å². The normalized spacial score (nSPS) is 20.8. The first-order valence-electron chi connectivity index (χ1n) is 10.8. The van der Waals surface area contributed by atoms with Gasteiger partial charge in [-0.3, -0.25) is 0 Å². The van der Waals surface area contributed by atoms with Gasteiger partial charge in [0, 0.05) is 17.7 Å². The number of halogens is 1. The van der Waals surface area contributed by atoms with Crippen LogP contribution in [0.5, 0.6) is 0 Å². The number of nitrogens with zero attached hydrogens (tertiary/aromatic N) is 2. The van der Waals surface area contributed by atoms with E-state index in [1.54, 1.807) is 6.20 Å². The molecule has 0 N–H and O–H groups in total. The van der Waals surface area contributed by atoms with Crippen molar-refractivity contribution in [2.45, 2.75) is 110 Å². The molecule has 2 rings (SSSR count). The van der Waals surface area contributed by atoms with Crippen molar-refractivity contribution in [1.29, 1.82) is 0 Å². The number of hydrogen-bond donors (Lipinski definition) is 0. The van der Waals surface area contributed by atoms with Gasteiger partial charge in [-0.05, 0) is 44.4 Å². The van der Waals surface area contributed by atoms with Gasteiger partial charge >= 0.3 is 0 Å². The molecule has 1 aliphatic carbocycles. The van der Waals surface area contributed by atoms with Crippen LogP contribution in [0.2, 0.25) is 0 Å². The number of aryl methyl sites for hydroxylation is 1. The molecule has 1 aromatic heterocycles. The molecule has 0 amide bonds. The van der Waals surface area contributed by atoms with E-state index in [0.29, 0.717) is 11.5 Å². The third-order valence-corrected chi connectivity index (χ3v) is 5.81. The van der Waals surface area contributed by atoms with Crippen LogP contribution in [-0.4, -0.2) is 9.97 Å². The summed E-state index contributed by atoms with van der Waals surface area (Å²) in [6.07, 6.45) is 18.7. The molecule has 0 aliphatic heterocycles. The van der Waals surface area contributed by atoms with E-state index in [0.717, 1.165) is 37.4 Å². The zero-order chi connectivity index (χ0) is 17.9. The van der Waals surface area contributed by atoms with Crippen LogP contribution in [0.1, 0.15) is 115 Å². The summed E-state index contributed by atoms with van der Waals surface area (Å²) < 4.78 is 14.3. The molecule has 1 fully saturated rings. The Labute approximate surface area is 154 Å². The van der Waals surface area contributed by atoms with E-state index in [4.69, 9.17) is 0 Å². The Morgan fingerprint density at radius 2 is 1.60 bits per heavy atom. The molecule has 2 nitrogen and oxygen atoms in total. The smallest absolute Gasteiger partial charge is 0.219 e. The predicted molar refractivity (Wildman–Crippen MR) is 103 cm³/mol. The van der Waals surface area contributed by atoms with Crippen molar-refractivity contribution >= 4 is 0 Å². The topological polar surface area (TPSA) is 25.8 Å². The van der Waals surface area contributed by atoms with Crippen LogP contribution in [0.4, 0.5) is 4.39 Å². The van der Waals surface area contributed by atoms with Crippen molar-refractivity contribution in [3.8, 4) is 0 Å². The van der Waals surface area contributed by atoms with Crippen molar-refractivity contribution < 1.29 is 4.39 Å². The molecule has 0 saturated heterocycles. The predicted octanol–water partition coefficient (Wildman–Crippen LogP) is 6.98. The van der Waals surface area contributed by atoms with Gasteiger partial charge in [0.2, 0.25) is 5.95 Å². The van der Waals surface area contributed by atoms with Crippen molar-refractivity contribution in [3.63, 3.8) is 0 Å². The highest BCUT2D eigenvalue weighted by Gasteiger charge is 2.24. The molecule has 0 spiro atoms. The third kappa shape index (κ3) is 7.03. The number of hydrogen-bond acceptors (Lipinski definition) is 2. The van der Waals surface area contributed by atoms with Crippen LogP contribution in [-0.2, 0) is 6.42 Å². The number of unbranched alkanes of at least 4 members (excludes halogenated alkanes) is 6. The Morgan fingerprint density at radius 3 is 2.28 bits per heavy atom. The summed E-state index contributed by atoms with van der Waals surface area (Å²) >= 11 is 0. The highest BCUT2D eigenvalue weighted by molar-refractivity contribution is 5.10. The molecule has 25 heavy (non-hydrogen) atoms. The molecule has 1 heterocycles. The second-order valence-corrected chi connectivity index (χ2v) is 7.92. The third-order valence-electron chi connectivity index (χ3n) is 5.81. The molecule has 0 radical (unpaired) electrons. The standard InChI is InChI=1S/C22H37FN2/c1-3-5-7-8-10-12-20-17-24-22(25-21(20)23)19-15-13-18(14-16-19)11-9-6-4-2/h17-19H,3-16H2,1-2H3/t18-,19-. The second kappa shape index (κ2) is 11.6. The van der Waals surface area contributed by atoms with E-state index < -0.39 is 0 Å². The minimum atomic E-state index is -0.273. The van der Waals surface area contributed by atoms with Crippen molar-refractivity contribution in [2.75, 3.05) is 0 Å². The lowest BCUT2D eigenvalue weighted by Crippen LogP contribution is -2.16. The highest BCUT2D eigenvalue weighted by atomic mass is 19.1. The molecular weight excluding hydrogens is 311 g/mol. The molecule has 0 aromatic carbocycles. The van der Waals surface area contributed by atoms with Crippen molar-refractivity contribution in [1.82, 2.24) is 9.97 Å². The Hall–Kier alpha value is -0.990. The van der Waals surface area contributed by atoms with E-state index in [1.165, 1.54) is 64.2 Å². The Balaban J connectivity index is 1.76. The van der Waals surface area contributed by atoms with Gasteiger partial charge in [0.05, 0.1) is 0 Å². The largest absolute Gasteiger partial charge is 0.241 e. The van der Waals surface area contributed by atoms with Gasteiger partial charge in [0.15, 0.2) is 0 Å². The average molecular weight is 349 g/mol. The average Bonchev–Trinajstić information content (AvgIpc) is 2.63.